The lowest BCUT2D eigenvalue weighted by Gasteiger charge is -2.39. The van der Waals surface area contributed by atoms with Gasteiger partial charge in [0.25, 0.3) is 0 Å². The van der Waals surface area contributed by atoms with E-state index >= 15 is 0 Å². The van der Waals surface area contributed by atoms with Crippen LogP contribution < -0.4 is 0 Å². The van der Waals surface area contributed by atoms with Crippen LogP contribution in [0, 0.1) is 6.92 Å². The molecule has 5 heteroatoms. The molecule has 2 saturated heterocycles. The van der Waals surface area contributed by atoms with Crippen LogP contribution in [0.5, 0.6) is 0 Å². The summed E-state index contributed by atoms with van der Waals surface area (Å²) in [4.78, 5) is 3.00. The van der Waals surface area contributed by atoms with Gasteiger partial charge in [-0.15, -0.1) is 0 Å². The van der Waals surface area contributed by atoms with Gasteiger partial charge in [-0.05, 0) is 63.4 Å². The van der Waals surface area contributed by atoms with E-state index in [0.717, 1.165) is 18.4 Å². The first-order valence-electron chi connectivity index (χ1n) is 8.38. The lowest BCUT2D eigenvalue weighted by atomic mass is 10.0. The fourth-order valence-electron chi connectivity index (χ4n) is 3.66. The Morgan fingerprint density at radius 3 is 2.32 bits per heavy atom. The Bertz CT molecular complexity index is 601. The molecule has 3 rings (SSSR count). The minimum absolute atomic E-state index is 0.434. The van der Waals surface area contributed by atoms with Gasteiger partial charge in [-0.3, -0.25) is 0 Å². The molecule has 4 nitrogen and oxygen atoms in total. The number of piperidine rings is 2. The van der Waals surface area contributed by atoms with E-state index in [1.54, 1.807) is 16.4 Å². The molecule has 122 valence electrons. The van der Waals surface area contributed by atoms with Crippen molar-refractivity contribution < 1.29 is 8.42 Å². The van der Waals surface area contributed by atoms with Gasteiger partial charge in [0.05, 0.1) is 4.90 Å². The second-order valence-electron chi connectivity index (χ2n) is 6.55. The number of hydrogen-bond donors (Lipinski definition) is 0. The zero-order valence-electron chi connectivity index (χ0n) is 13.4. The molecule has 2 fully saturated rings. The summed E-state index contributed by atoms with van der Waals surface area (Å²) < 4.78 is 27.1. The SMILES string of the molecule is Cc1cccc(S(=O)(=O)N2CCC(N3CCCCC3)CC2)c1. The fourth-order valence-corrected chi connectivity index (χ4v) is 5.23. The molecule has 0 spiro atoms. The Hall–Kier alpha value is -0.910. The standard InChI is InChI=1S/C17H26N2O2S/c1-15-6-5-7-17(14-15)22(20,21)19-12-8-16(9-13-19)18-10-3-2-4-11-18/h5-7,14,16H,2-4,8-13H2,1H3. The molecule has 22 heavy (non-hydrogen) atoms. The third kappa shape index (κ3) is 3.36. The van der Waals surface area contributed by atoms with Crippen molar-refractivity contribution in [2.24, 2.45) is 0 Å². The number of benzene rings is 1. The highest BCUT2D eigenvalue weighted by Crippen LogP contribution is 2.25. The van der Waals surface area contributed by atoms with Crippen LogP contribution in [0.3, 0.4) is 0 Å². The summed E-state index contributed by atoms with van der Waals surface area (Å²) in [6.07, 6.45) is 5.86. The molecule has 0 bridgehead atoms. The number of rotatable bonds is 3. The van der Waals surface area contributed by atoms with Crippen LogP contribution in [0.25, 0.3) is 0 Å². The van der Waals surface area contributed by atoms with Crippen LogP contribution in [0.4, 0.5) is 0 Å². The Morgan fingerprint density at radius 1 is 1.00 bits per heavy atom. The number of hydrogen-bond acceptors (Lipinski definition) is 3. The second kappa shape index (κ2) is 6.69. The van der Waals surface area contributed by atoms with Gasteiger partial charge in [-0.1, -0.05) is 18.6 Å². The normalized spacial score (nSPS) is 22.8. The Balaban J connectivity index is 1.65. The lowest BCUT2D eigenvalue weighted by molar-refractivity contribution is 0.118. The summed E-state index contributed by atoms with van der Waals surface area (Å²) in [6.45, 7) is 5.61. The van der Waals surface area contributed by atoms with E-state index in [1.165, 1.54) is 32.4 Å². The molecule has 2 aliphatic rings. The van der Waals surface area contributed by atoms with Gasteiger partial charge in [-0.25, -0.2) is 8.42 Å². The van der Waals surface area contributed by atoms with Crippen LogP contribution in [-0.4, -0.2) is 49.8 Å². The molecule has 1 aromatic carbocycles. The quantitative estimate of drug-likeness (QED) is 0.859. The average Bonchev–Trinajstić information content (AvgIpc) is 2.56. The van der Waals surface area contributed by atoms with Crippen molar-refractivity contribution in [1.82, 2.24) is 9.21 Å². The Morgan fingerprint density at radius 2 is 1.68 bits per heavy atom. The summed E-state index contributed by atoms with van der Waals surface area (Å²) in [7, 11) is -3.32. The highest BCUT2D eigenvalue weighted by atomic mass is 32.2. The molecule has 2 heterocycles. The molecule has 0 radical (unpaired) electrons. The highest BCUT2D eigenvalue weighted by molar-refractivity contribution is 7.89. The van der Waals surface area contributed by atoms with Crippen molar-refractivity contribution in [3.8, 4) is 0 Å². The van der Waals surface area contributed by atoms with Gasteiger partial charge < -0.3 is 4.90 Å². The van der Waals surface area contributed by atoms with Crippen molar-refractivity contribution in [3.05, 3.63) is 29.8 Å². The second-order valence-corrected chi connectivity index (χ2v) is 8.49. The largest absolute Gasteiger partial charge is 0.300 e. The van der Waals surface area contributed by atoms with E-state index in [2.05, 4.69) is 4.90 Å². The molecule has 0 atom stereocenters. The smallest absolute Gasteiger partial charge is 0.243 e. The van der Waals surface area contributed by atoms with E-state index in [0.29, 0.717) is 24.0 Å². The van der Waals surface area contributed by atoms with Gasteiger partial charge in [0, 0.05) is 19.1 Å². The van der Waals surface area contributed by atoms with E-state index < -0.39 is 10.0 Å². The van der Waals surface area contributed by atoms with E-state index in [-0.39, 0.29) is 0 Å². The molecule has 0 amide bonds. The first-order valence-corrected chi connectivity index (χ1v) is 9.82. The summed E-state index contributed by atoms with van der Waals surface area (Å²) in [6, 6.07) is 7.80. The molecular weight excluding hydrogens is 296 g/mol. The van der Waals surface area contributed by atoms with Crippen molar-refractivity contribution in [3.63, 3.8) is 0 Å². The number of nitrogens with zero attached hydrogens (tertiary/aromatic N) is 2. The van der Waals surface area contributed by atoms with Gasteiger partial charge in [0.15, 0.2) is 0 Å². The van der Waals surface area contributed by atoms with Crippen molar-refractivity contribution >= 4 is 10.0 Å². The maximum Gasteiger partial charge on any atom is 0.243 e. The average molecular weight is 322 g/mol. The Kier molecular flexibility index (Phi) is 4.85. The van der Waals surface area contributed by atoms with Crippen LogP contribution >= 0.6 is 0 Å². The minimum Gasteiger partial charge on any atom is -0.300 e. The minimum atomic E-state index is -3.32. The molecule has 1 aromatic rings. The lowest BCUT2D eigenvalue weighted by Crippen LogP contribution is -2.48. The highest BCUT2D eigenvalue weighted by Gasteiger charge is 2.31. The number of aryl methyl sites for hydroxylation is 1. The third-order valence-corrected chi connectivity index (χ3v) is 6.85. The molecule has 0 aliphatic carbocycles. The maximum absolute atomic E-state index is 12.7. The van der Waals surface area contributed by atoms with Gasteiger partial charge in [0.2, 0.25) is 10.0 Å². The number of sulfonamides is 1. The molecule has 0 aromatic heterocycles. The zero-order valence-corrected chi connectivity index (χ0v) is 14.2. The van der Waals surface area contributed by atoms with Gasteiger partial charge in [-0.2, -0.15) is 4.31 Å². The molecule has 2 aliphatic heterocycles. The van der Waals surface area contributed by atoms with Crippen LogP contribution in [-0.2, 0) is 10.0 Å². The van der Waals surface area contributed by atoms with Gasteiger partial charge in [0.1, 0.15) is 0 Å². The van der Waals surface area contributed by atoms with Crippen molar-refractivity contribution in [2.75, 3.05) is 26.2 Å². The summed E-state index contributed by atoms with van der Waals surface area (Å²) in [5, 5.41) is 0. The fraction of sp³-hybridized carbons (Fsp3) is 0.647. The molecule has 0 saturated carbocycles. The molecular formula is C17H26N2O2S. The summed E-state index contributed by atoms with van der Waals surface area (Å²) in [5.74, 6) is 0. The predicted octanol–water partition coefficient (Wildman–Crippen LogP) is 2.63. The summed E-state index contributed by atoms with van der Waals surface area (Å²) in [5.41, 5.74) is 0.990. The first kappa shape index (κ1) is 16.0. The van der Waals surface area contributed by atoms with E-state index in [1.807, 2.05) is 19.1 Å². The van der Waals surface area contributed by atoms with Crippen LogP contribution in [0.2, 0.25) is 0 Å². The van der Waals surface area contributed by atoms with Crippen LogP contribution in [0.15, 0.2) is 29.2 Å². The molecule has 0 N–H and O–H groups in total. The first-order chi connectivity index (χ1) is 10.6. The van der Waals surface area contributed by atoms with Crippen LogP contribution in [0.1, 0.15) is 37.7 Å². The third-order valence-electron chi connectivity index (χ3n) is 4.96. The van der Waals surface area contributed by atoms with Crippen molar-refractivity contribution in [2.45, 2.75) is 50.0 Å². The Labute approximate surface area is 134 Å². The number of likely N-dealkylation sites (tertiary alicyclic amines) is 1. The summed E-state index contributed by atoms with van der Waals surface area (Å²) >= 11 is 0. The van der Waals surface area contributed by atoms with Crippen molar-refractivity contribution in [1.29, 1.82) is 0 Å². The molecule has 0 unspecified atom stereocenters. The maximum atomic E-state index is 12.7. The topological polar surface area (TPSA) is 40.6 Å². The van der Waals surface area contributed by atoms with E-state index in [9.17, 15) is 8.42 Å². The zero-order chi connectivity index (χ0) is 15.6. The predicted molar refractivity (Wildman–Crippen MR) is 88.4 cm³/mol. The van der Waals surface area contributed by atoms with Gasteiger partial charge >= 0.3 is 0 Å². The van der Waals surface area contributed by atoms with E-state index in [4.69, 9.17) is 0 Å². The monoisotopic (exact) mass is 322 g/mol.